The minimum atomic E-state index is -0.991. The number of carboxylic acids is 2. The minimum Gasteiger partial charge on any atom is -0.478 e. The summed E-state index contributed by atoms with van der Waals surface area (Å²) in [7, 11) is 0. The lowest BCUT2D eigenvalue weighted by atomic mass is 10.1. The second kappa shape index (κ2) is 9.07. The molecule has 3 N–H and O–H groups in total. The van der Waals surface area contributed by atoms with E-state index in [1.165, 1.54) is 12.1 Å². The van der Waals surface area contributed by atoms with Crippen molar-refractivity contribution >= 4 is 33.6 Å². The van der Waals surface area contributed by atoms with Crippen molar-refractivity contribution in [3.05, 3.63) is 100 Å². The van der Waals surface area contributed by atoms with E-state index in [4.69, 9.17) is 10.2 Å². The van der Waals surface area contributed by atoms with Crippen molar-refractivity contribution in [2.45, 2.75) is 6.54 Å². The van der Waals surface area contributed by atoms with Crippen molar-refractivity contribution in [2.75, 3.05) is 5.32 Å². The van der Waals surface area contributed by atoms with Crippen LogP contribution in [0.5, 0.6) is 0 Å². The van der Waals surface area contributed by atoms with Gasteiger partial charge in [-0.25, -0.2) is 14.3 Å². The first kappa shape index (κ1) is 21.3. The number of nitrogens with zero attached hydrogens (tertiary/aromatic N) is 2. The first-order valence-corrected chi connectivity index (χ1v) is 10.5. The van der Waals surface area contributed by atoms with Gasteiger partial charge >= 0.3 is 11.9 Å². The summed E-state index contributed by atoms with van der Waals surface area (Å²) in [4.78, 5) is 22.3. The first-order chi connectivity index (χ1) is 15.4. The normalized spacial score (nSPS) is 10.7. The summed E-state index contributed by atoms with van der Waals surface area (Å²) in [6.07, 6.45) is 1.88. The van der Waals surface area contributed by atoms with Crippen LogP contribution in [-0.2, 0) is 6.54 Å². The Balaban J connectivity index is 1.70. The maximum absolute atomic E-state index is 11.2. The largest absolute Gasteiger partial charge is 0.478 e. The third-order valence-electron chi connectivity index (χ3n) is 4.88. The lowest BCUT2D eigenvalue weighted by molar-refractivity contribution is 0.0686. The van der Waals surface area contributed by atoms with E-state index in [-0.39, 0.29) is 11.1 Å². The molecular formula is C24H18BrN3O4. The van der Waals surface area contributed by atoms with Crippen LogP contribution in [-0.4, -0.2) is 31.9 Å². The zero-order valence-corrected chi connectivity index (χ0v) is 18.3. The fraction of sp³-hybridized carbons (Fsp3) is 0.0417. The molecule has 0 fully saturated rings. The van der Waals surface area contributed by atoms with Crippen LogP contribution in [0, 0.1) is 0 Å². The van der Waals surface area contributed by atoms with Crippen molar-refractivity contribution in [1.29, 1.82) is 0 Å². The molecule has 0 saturated carbocycles. The van der Waals surface area contributed by atoms with E-state index >= 15 is 0 Å². The Morgan fingerprint density at radius 2 is 1.53 bits per heavy atom. The molecule has 1 aromatic heterocycles. The SMILES string of the molecule is O=C(O)c1ccc(-c2nn(-c3ccc(C(=O)O)cc3)cc2CNc2cccc(Br)c2)cc1. The molecule has 8 heteroatoms. The number of carboxylic acid groups (broad SMARTS) is 2. The highest BCUT2D eigenvalue weighted by Crippen LogP contribution is 2.26. The molecule has 32 heavy (non-hydrogen) atoms. The second-order valence-electron chi connectivity index (χ2n) is 7.05. The highest BCUT2D eigenvalue weighted by molar-refractivity contribution is 9.10. The number of nitrogens with one attached hydrogen (secondary N) is 1. The molecule has 0 bridgehead atoms. The van der Waals surface area contributed by atoms with Crippen LogP contribution in [0.2, 0.25) is 0 Å². The number of benzene rings is 3. The summed E-state index contributed by atoms with van der Waals surface area (Å²) in [5.74, 6) is -1.98. The molecular weight excluding hydrogens is 474 g/mol. The third kappa shape index (κ3) is 4.70. The van der Waals surface area contributed by atoms with Gasteiger partial charge < -0.3 is 15.5 Å². The average Bonchev–Trinajstić information content (AvgIpc) is 3.22. The number of hydrogen-bond donors (Lipinski definition) is 3. The van der Waals surface area contributed by atoms with Gasteiger partial charge in [0.2, 0.25) is 0 Å². The monoisotopic (exact) mass is 491 g/mol. The van der Waals surface area contributed by atoms with E-state index in [0.717, 1.165) is 21.3 Å². The maximum Gasteiger partial charge on any atom is 0.335 e. The summed E-state index contributed by atoms with van der Waals surface area (Å²) in [5, 5.41) is 26.4. The molecule has 3 aromatic carbocycles. The Hall–Kier alpha value is -3.91. The number of hydrogen-bond acceptors (Lipinski definition) is 4. The molecule has 0 saturated heterocycles. The predicted molar refractivity (Wildman–Crippen MR) is 124 cm³/mol. The molecule has 0 aliphatic rings. The van der Waals surface area contributed by atoms with Gasteiger partial charge in [0.1, 0.15) is 0 Å². The molecule has 7 nitrogen and oxygen atoms in total. The van der Waals surface area contributed by atoms with E-state index in [1.54, 1.807) is 41.1 Å². The highest BCUT2D eigenvalue weighted by Gasteiger charge is 2.14. The van der Waals surface area contributed by atoms with Gasteiger partial charge in [0.25, 0.3) is 0 Å². The third-order valence-corrected chi connectivity index (χ3v) is 5.37. The van der Waals surface area contributed by atoms with Gasteiger partial charge in [0, 0.05) is 34.0 Å². The van der Waals surface area contributed by atoms with Gasteiger partial charge in [0.15, 0.2) is 0 Å². The number of aromatic carboxylic acids is 2. The standard InChI is InChI=1S/C24H18BrN3O4/c25-19-2-1-3-20(12-19)26-13-18-14-28(21-10-8-17(9-11-21)24(31)32)27-22(18)15-4-6-16(7-5-15)23(29)30/h1-12,14,26H,13H2,(H,29,30)(H,31,32). The molecule has 0 atom stereocenters. The maximum atomic E-state index is 11.2. The van der Waals surface area contributed by atoms with E-state index in [1.807, 2.05) is 30.5 Å². The number of aromatic nitrogens is 2. The van der Waals surface area contributed by atoms with Gasteiger partial charge in [-0.05, 0) is 54.6 Å². The van der Waals surface area contributed by atoms with E-state index in [0.29, 0.717) is 17.9 Å². The summed E-state index contributed by atoms with van der Waals surface area (Å²) in [5.41, 5.74) is 4.43. The highest BCUT2D eigenvalue weighted by atomic mass is 79.9. The molecule has 0 radical (unpaired) electrons. The Bertz CT molecular complexity index is 1280. The number of anilines is 1. The van der Waals surface area contributed by atoms with Crippen LogP contribution in [0.15, 0.2) is 83.5 Å². The fourth-order valence-electron chi connectivity index (χ4n) is 3.24. The van der Waals surface area contributed by atoms with Gasteiger partial charge in [-0.3, -0.25) is 0 Å². The molecule has 0 aliphatic carbocycles. The van der Waals surface area contributed by atoms with E-state index in [2.05, 4.69) is 21.2 Å². The summed E-state index contributed by atoms with van der Waals surface area (Å²) in [6, 6.07) is 20.8. The smallest absolute Gasteiger partial charge is 0.335 e. The zero-order valence-electron chi connectivity index (χ0n) is 16.7. The van der Waals surface area contributed by atoms with Gasteiger partial charge in [-0.15, -0.1) is 0 Å². The van der Waals surface area contributed by atoms with Crippen molar-refractivity contribution in [3.63, 3.8) is 0 Å². The lowest BCUT2D eigenvalue weighted by Gasteiger charge is -2.07. The van der Waals surface area contributed by atoms with Gasteiger partial charge in [0.05, 0.1) is 22.5 Å². The topological polar surface area (TPSA) is 104 Å². The molecule has 0 spiro atoms. The van der Waals surface area contributed by atoms with Gasteiger partial charge in [-0.1, -0.05) is 34.1 Å². The lowest BCUT2D eigenvalue weighted by Crippen LogP contribution is -2.00. The molecule has 1 heterocycles. The molecule has 4 aromatic rings. The minimum absolute atomic E-state index is 0.196. The molecule has 4 rings (SSSR count). The van der Waals surface area contributed by atoms with Crippen LogP contribution >= 0.6 is 15.9 Å². The molecule has 0 aliphatic heterocycles. The van der Waals surface area contributed by atoms with Crippen molar-refractivity contribution < 1.29 is 19.8 Å². The number of carbonyl (C=O) groups is 2. The quantitative estimate of drug-likeness (QED) is 0.323. The van der Waals surface area contributed by atoms with Crippen molar-refractivity contribution in [2.24, 2.45) is 0 Å². The Labute approximate surface area is 192 Å². The molecule has 0 unspecified atom stereocenters. The van der Waals surface area contributed by atoms with Crippen LogP contribution < -0.4 is 5.32 Å². The average molecular weight is 492 g/mol. The fourth-order valence-corrected chi connectivity index (χ4v) is 3.64. The predicted octanol–water partition coefficient (Wildman–Crippen LogP) is 5.31. The molecule has 0 amide bonds. The van der Waals surface area contributed by atoms with Crippen molar-refractivity contribution in [3.8, 4) is 16.9 Å². The van der Waals surface area contributed by atoms with Crippen LogP contribution in [0.4, 0.5) is 5.69 Å². The van der Waals surface area contributed by atoms with Crippen LogP contribution in [0.3, 0.4) is 0 Å². The summed E-state index contributed by atoms with van der Waals surface area (Å²) >= 11 is 3.46. The number of halogens is 1. The zero-order chi connectivity index (χ0) is 22.7. The Morgan fingerprint density at radius 1 is 0.906 bits per heavy atom. The van der Waals surface area contributed by atoms with E-state index in [9.17, 15) is 14.7 Å². The first-order valence-electron chi connectivity index (χ1n) is 9.66. The van der Waals surface area contributed by atoms with Crippen LogP contribution in [0.25, 0.3) is 16.9 Å². The summed E-state index contributed by atoms with van der Waals surface area (Å²) in [6.45, 7) is 0.486. The molecule has 160 valence electrons. The Kier molecular flexibility index (Phi) is 6.04. The second-order valence-corrected chi connectivity index (χ2v) is 7.96. The van der Waals surface area contributed by atoms with E-state index < -0.39 is 11.9 Å². The number of rotatable bonds is 7. The van der Waals surface area contributed by atoms with Crippen LogP contribution in [0.1, 0.15) is 26.3 Å². The Morgan fingerprint density at radius 3 is 2.12 bits per heavy atom. The summed E-state index contributed by atoms with van der Waals surface area (Å²) < 4.78 is 2.64. The van der Waals surface area contributed by atoms with Gasteiger partial charge in [-0.2, -0.15) is 5.10 Å². The van der Waals surface area contributed by atoms with Crippen molar-refractivity contribution in [1.82, 2.24) is 9.78 Å².